The SMILES string of the molecule is Cc1cnnc(-c2cccc(OC(F)(F)F)c2)c1C. The predicted octanol–water partition coefficient (Wildman–Crippen LogP) is 3.66. The highest BCUT2D eigenvalue weighted by atomic mass is 19.4. The number of hydrogen-bond acceptors (Lipinski definition) is 3. The Bertz CT molecular complexity index is 597. The normalized spacial score (nSPS) is 11.4. The fourth-order valence-corrected chi connectivity index (χ4v) is 1.65. The van der Waals surface area contributed by atoms with Crippen molar-refractivity contribution < 1.29 is 17.9 Å². The van der Waals surface area contributed by atoms with Crippen LogP contribution in [0, 0.1) is 13.8 Å². The van der Waals surface area contributed by atoms with Gasteiger partial charge in [0.05, 0.1) is 11.9 Å². The van der Waals surface area contributed by atoms with Gasteiger partial charge in [-0.25, -0.2) is 0 Å². The number of rotatable bonds is 2. The van der Waals surface area contributed by atoms with E-state index in [-0.39, 0.29) is 5.75 Å². The van der Waals surface area contributed by atoms with E-state index in [1.54, 1.807) is 12.3 Å². The van der Waals surface area contributed by atoms with Crippen LogP contribution in [0.15, 0.2) is 30.5 Å². The molecule has 2 rings (SSSR count). The molecular formula is C13H11F3N2O. The van der Waals surface area contributed by atoms with Crippen molar-refractivity contribution in [2.24, 2.45) is 0 Å². The van der Waals surface area contributed by atoms with E-state index in [0.717, 1.165) is 11.1 Å². The van der Waals surface area contributed by atoms with Crippen LogP contribution in [0.25, 0.3) is 11.3 Å². The number of alkyl halides is 3. The molecule has 0 N–H and O–H groups in total. The van der Waals surface area contributed by atoms with Gasteiger partial charge in [0.25, 0.3) is 0 Å². The highest BCUT2D eigenvalue weighted by molar-refractivity contribution is 5.64. The average Bonchev–Trinajstić information content (AvgIpc) is 2.31. The lowest BCUT2D eigenvalue weighted by Crippen LogP contribution is -2.17. The molecule has 1 heterocycles. The zero-order chi connectivity index (χ0) is 14.0. The molecule has 0 saturated carbocycles. The van der Waals surface area contributed by atoms with Gasteiger partial charge in [0.15, 0.2) is 0 Å². The van der Waals surface area contributed by atoms with Gasteiger partial charge in [0.2, 0.25) is 0 Å². The Hall–Kier alpha value is -2.11. The molecule has 6 heteroatoms. The van der Waals surface area contributed by atoms with Crippen LogP contribution in [-0.4, -0.2) is 16.6 Å². The maximum Gasteiger partial charge on any atom is 0.573 e. The van der Waals surface area contributed by atoms with Gasteiger partial charge in [-0.15, -0.1) is 13.2 Å². The van der Waals surface area contributed by atoms with Crippen LogP contribution in [0.4, 0.5) is 13.2 Å². The molecule has 0 spiro atoms. The van der Waals surface area contributed by atoms with Gasteiger partial charge < -0.3 is 4.74 Å². The van der Waals surface area contributed by atoms with Crippen LogP contribution >= 0.6 is 0 Å². The minimum Gasteiger partial charge on any atom is -0.406 e. The summed E-state index contributed by atoms with van der Waals surface area (Å²) in [7, 11) is 0. The first kappa shape index (κ1) is 13.3. The Morgan fingerprint density at radius 2 is 1.89 bits per heavy atom. The molecule has 0 fully saturated rings. The molecule has 2 aromatic rings. The third-order valence-electron chi connectivity index (χ3n) is 2.70. The fraction of sp³-hybridized carbons (Fsp3) is 0.231. The Kier molecular flexibility index (Phi) is 3.42. The van der Waals surface area contributed by atoms with Crippen molar-refractivity contribution in [2.45, 2.75) is 20.2 Å². The van der Waals surface area contributed by atoms with Gasteiger partial charge >= 0.3 is 6.36 Å². The molecule has 0 aliphatic carbocycles. The first-order valence-corrected chi connectivity index (χ1v) is 5.52. The highest BCUT2D eigenvalue weighted by Crippen LogP contribution is 2.28. The zero-order valence-electron chi connectivity index (χ0n) is 10.3. The number of aryl methyl sites for hydroxylation is 1. The molecule has 0 bridgehead atoms. The molecule has 1 aromatic carbocycles. The molecule has 0 amide bonds. The second-order valence-electron chi connectivity index (χ2n) is 4.08. The van der Waals surface area contributed by atoms with Gasteiger partial charge in [-0.2, -0.15) is 10.2 Å². The van der Waals surface area contributed by atoms with Crippen LogP contribution in [-0.2, 0) is 0 Å². The summed E-state index contributed by atoms with van der Waals surface area (Å²) < 4.78 is 40.4. The summed E-state index contributed by atoms with van der Waals surface area (Å²) in [6.45, 7) is 3.71. The molecule has 0 aliphatic heterocycles. The molecule has 19 heavy (non-hydrogen) atoms. The van der Waals surface area contributed by atoms with Crippen molar-refractivity contribution in [1.29, 1.82) is 0 Å². The van der Waals surface area contributed by atoms with Gasteiger partial charge in [0.1, 0.15) is 5.75 Å². The quantitative estimate of drug-likeness (QED) is 0.833. The first-order valence-electron chi connectivity index (χ1n) is 5.52. The summed E-state index contributed by atoms with van der Waals surface area (Å²) in [5.41, 5.74) is 2.88. The van der Waals surface area contributed by atoms with Crippen molar-refractivity contribution in [2.75, 3.05) is 0 Å². The van der Waals surface area contributed by atoms with E-state index in [9.17, 15) is 13.2 Å². The lowest BCUT2D eigenvalue weighted by atomic mass is 10.0. The number of hydrogen-bond donors (Lipinski definition) is 0. The minimum atomic E-state index is -4.70. The summed E-state index contributed by atoms with van der Waals surface area (Å²) in [6.07, 6.45) is -3.10. The van der Waals surface area contributed by atoms with E-state index >= 15 is 0 Å². The lowest BCUT2D eigenvalue weighted by molar-refractivity contribution is -0.274. The minimum absolute atomic E-state index is 0.271. The highest BCUT2D eigenvalue weighted by Gasteiger charge is 2.31. The van der Waals surface area contributed by atoms with Crippen molar-refractivity contribution >= 4 is 0 Å². The zero-order valence-corrected chi connectivity index (χ0v) is 10.3. The Morgan fingerprint density at radius 1 is 1.16 bits per heavy atom. The van der Waals surface area contributed by atoms with Crippen molar-refractivity contribution in [3.05, 3.63) is 41.6 Å². The topological polar surface area (TPSA) is 35.0 Å². The maximum absolute atomic E-state index is 12.2. The molecule has 0 saturated heterocycles. The lowest BCUT2D eigenvalue weighted by Gasteiger charge is -2.11. The Balaban J connectivity index is 2.41. The van der Waals surface area contributed by atoms with Gasteiger partial charge in [-0.05, 0) is 37.1 Å². The third kappa shape index (κ3) is 3.21. The second kappa shape index (κ2) is 4.87. The number of benzene rings is 1. The average molecular weight is 268 g/mol. The number of nitrogens with zero attached hydrogens (tertiary/aromatic N) is 2. The van der Waals surface area contributed by atoms with E-state index < -0.39 is 6.36 Å². The Labute approximate surface area is 108 Å². The van der Waals surface area contributed by atoms with E-state index in [2.05, 4.69) is 14.9 Å². The van der Waals surface area contributed by atoms with E-state index in [4.69, 9.17) is 0 Å². The van der Waals surface area contributed by atoms with E-state index in [1.165, 1.54) is 18.2 Å². The van der Waals surface area contributed by atoms with Crippen LogP contribution in [0.5, 0.6) is 5.75 Å². The number of aromatic nitrogens is 2. The second-order valence-corrected chi connectivity index (χ2v) is 4.08. The molecule has 1 aromatic heterocycles. The number of halogens is 3. The largest absolute Gasteiger partial charge is 0.573 e. The van der Waals surface area contributed by atoms with Crippen LogP contribution in [0.1, 0.15) is 11.1 Å². The standard InChI is InChI=1S/C13H11F3N2O/c1-8-7-17-18-12(9(8)2)10-4-3-5-11(6-10)19-13(14,15)16/h3-7H,1-2H3. The molecule has 3 nitrogen and oxygen atoms in total. The molecule has 100 valence electrons. The number of ether oxygens (including phenoxy) is 1. The van der Waals surface area contributed by atoms with Gasteiger partial charge in [-0.3, -0.25) is 0 Å². The first-order chi connectivity index (χ1) is 8.87. The molecule has 0 radical (unpaired) electrons. The summed E-state index contributed by atoms with van der Waals surface area (Å²) in [5, 5.41) is 7.77. The predicted molar refractivity (Wildman–Crippen MR) is 63.6 cm³/mol. The smallest absolute Gasteiger partial charge is 0.406 e. The molecular weight excluding hydrogens is 257 g/mol. The van der Waals surface area contributed by atoms with Gasteiger partial charge in [-0.1, -0.05) is 12.1 Å². The summed E-state index contributed by atoms with van der Waals surface area (Å²) in [5.74, 6) is -0.271. The van der Waals surface area contributed by atoms with E-state index in [1.807, 2.05) is 13.8 Å². The van der Waals surface area contributed by atoms with Crippen LogP contribution < -0.4 is 4.74 Å². The molecule has 0 aliphatic rings. The third-order valence-corrected chi connectivity index (χ3v) is 2.70. The fourth-order valence-electron chi connectivity index (χ4n) is 1.65. The summed E-state index contributed by atoms with van der Waals surface area (Å²) >= 11 is 0. The van der Waals surface area contributed by atoms with Crippen molar-refractivity contribution in [1.82, 2.24) is 10.2 Å². The van der Waals surface area contributed by atoms with Crippen molar-refractivity contribution in [3.63, 3.8) is 0 Å². The Morgan fingerprint density at radius 3 is 2.58 bits per heavy atom. The van der Waals surface area contributed by atoms with Crippen LogP contribution in [0.2, 0.25) is 0 Å². The molecule has 0 atom stereocenters. The van der Waals surface area contributed by atoms with E-state index in [0.29, 0.717) is 11.3 Å². The van der Waals surface area contributed by atoms with Crippen molar-refractivity contribution in [3.8, 4) is 17.0 Å². The summed E-state index contributed by atoms with van der Waals surface area (Å²) in [6, 6.07) is 5.69. The summed E-state index contributed by atoms with van der Waals surface area (Å²) in [4.78, 5) is 0. The maximum atomic E-state index is 12.2. The van der Waals surface area contributed by atoms with Crippen LogP contribution in [0.3, 0.4) is 0 Å². The monoisotopic (exact) mass is 268 g/mol. The van der Waals surface area contributed by atoms with Gasteiger partial charge in [0, 0.05) is 5.56 Å². The molecule has 0 unspecified atom stereocenters.